The van der Waals surface area contributed by atoms with Crippen LogP contribution >= 0.6 is 0 Å². The number of nitrogens with one attached hydrogen (secondary N) is 1. The lowest BCUT2D eigenvalue weighted by molar-refractivity contribution is -0.192. The van der Waals surface area contributed by atoms with Gasteiger partial charge in [0.05, 0.1) is 17.1 Å². The highest BCUT2D eigenvalue weighted by molar-refractivity contribution is 5.73. The van der Waals surface area contributed by atoms with Gasteiger partial charge in [0.1, 0.15) is 6.10 Å². The van der Waals surface area contributed by atoms with Gasteiger partial charge in [-0.15, -0.1) is 0 Å². The Kier molecular flexibility index (Phi) is 3.31. The molecule has 1 spiro atoms. The van der Waals surface area contributed by atoms with E-state index < -0.39 is 11.0 Å². The first-order valence-corrected chi connectivity index (χ1v) is 10.7. The maximum atomic E-state index is 12.2. The zero-order valence-corrected chi connectivity index (χ0v) is 16.3. The molecule has 2 saturated carbocycles. The number of phenolic OH excluding ortho intramolecular Hbond substituents is 1. The molecule has 2 heterocycles. The van der Waals surface area contributed by atoms with Crippen molar-refractivity contribution in [1.29, 1.82) is 0 Å². The zero-order chi connectivity index (χ0) is 19.3. The summed E-state index contributed by atoms with van der Waals surface area (Å²) >= 11 is 0. The van der Waals surface area contributed by atoms with Gasteiger partial charge in [-0.25, -0.2) is 0 Å². The lowest BCUT2D eigenvalue weighted by atomic mass is 9.48. The molecule has 1 amide bonds. The second kappa shape index (κ2) is 5.42. The molecule has 1 aromatic rings. The number of benzene rings is 1. The Hall–Kier alpha value is -1.79. The molecule has 1 aromatic carbocycles. The van der Waals surface area contributed by atoms with Gasteiger partial charge in [-0.1, -0.05) is 6.07 Å². The Morgan fingerprint density at radius 2 is 2.14 bits per heavy atom. The average Bonchev–Trinajstić information content (AvgIpc) is 3.38. The summed E-state index contributed by atoms with van der Waals surface area (Å²) in [6, 6.07) is 3.66. The van der Waals surface area contributed by atoms with Crippen molar-refractivity contribution in [2.75, 3.05) is 13.1 Å². The van der Waals surface area contributed by atoms with E-state index in [1.807, 2.05) is 6.07 Å². The van der Waals surface area contributed by atoms with Gasteiger partial charge in [0.2, 0.25) is 5.91 Å². The highest BCUT2D eigenvalue weighted by Gasteiger charge is 2.73. The minimum Gasteiger partial charge on any atom is -0.504 e. The van der Waals surface area contributed by atoms with Crippen molar-refractivity contribution < 1.29 is 19.7 Å². The summed E-state index contributed by atoms with van der Waals surface area (Å²) in [5, 5.41) is 25.8. The van der Waals surface area contributed by atoms with Crippen LogP contribution in [0.4, 0.5) is 0 Å². The number of amides is 1. The molecule has 0 radical (unpaired) electrons. The highest BCUT2D eigenvalue weighted by Crippen LogP contribution is 2.65. The van der Waals surface area contributed by atoms with Crippen molar-refractivity contribution in [2.45, 2.75) is 74.7 Å². The molecule has 3 N–H and O–H groups in total. The molecule has 0 aromatic heterocycles. The third kappa shape index (κ3) is 1.98. The Morgan fingerprint density at radius 1 is 1.32 bits per heavy atom. The molecule has 28 heavy (non-hydrogen) atoms. The van der Waals surface area contributed by atoms with Crippen LogP contribution in [0.2, 0.25) is 0 Å². The molecule has 3 aliphatic carbocycles. The summed E-state index contributed by atoms with van der Waals surface area (Å²) in [7, 11) is 0. The van der Waals surface area contributed by atoms with Crippen LogP contribution in [0.1, 0.15) is 50.2 Å². The molecule has 5 aliphatic rings. The van der Waals surface area contributed by atoms with Gasteiger partial charge in [-0.05, 0) is 62.6 Å². The average molecular weight is 384 g/mol. The molecule has 3 fully saturated rings. The van der Waals surface area contributed by atoms with Crippen LogP contribution < -0.4 is 10.1 Å². The van der Waals surface area contributed by atoms with Crippen LogP contribution in [0.25, 0.3) is 0 Å². The summed E-state index contributed by atoms with van der Waals surface area (Å²) in [4.78, 5) is 14.4. The Morgan fingerprint density at radius 3 is 2.89 bits per heavy atom. The predicted molar refractivity (Wildman–Crippen MR) is 102 cm³/mol. The second-order valence-electron chi connectivity index (χ2n) is 9.64. The normalized spacial score (nSPS) is 40.6. The summed E-state index contributed by atoms with van der Waals surface area (Å²) in [5.74, 6) is 1.38. The van der Waals surface area contributed by atoms with E-state index in [4.69, 9.17) is 4.74 Å². The zero-order valence-electron chi connectivity index (χ0n) is 16.3. The van der Waals surface area contributed by atoms with E-state index >= 15 is 0 Å². The van der Waals surface area contributed by atoms with Gasteiger partial charge in [0.25, 0.3) is 0 Å². The van der Waals surface area contributed by atoms with Crippen molar-refractivity contribution in [1.82, 2.24) is 10.2 Å². The van der Waals surface area contributed by atoms with E-state index in [0.29, 0.717) is 18.6 Å². The number of carbonyl (C=O) groups excluding carboxylic acids is 1. The lowest BCUT2D eigenvalue weighted by Crippen LogP contribution is -2.78. The third-order valence-corrected chi connectivity index (χ3v) is 8.15. The number of nitrogens with zero attached hydrogens (tertiary/aromatic N) is 1. The van der Waals surface area contributed by atoms with Crippen LogP contribution in [0, 0.1) is 5.92 Å². The van der Waals surface area contributed by atoms with Crippen LogP contribution in [0.15, 0.2) is 12.1 Å². The van der Waals surface area contributed by atoms with Gasteiger partial charge in [-0.2, -0.15) is 0 Å². The number of aromatic hydroxyl groups is 1. The van der Waals surface area contributed by atoms with Crippen molar-refractivity contribution in [3.05, 3.63) is 23.3 Å². The molecule has 2 aliphatic heterocycles. The quantitative estimate of drug-likeness (QED) is 0.735. The van der Waals surface area contributed by atoms with E-state index in [9.17, 15) is 15.0 Å². The molecule has 6 heteroatoms. The fraction of sp³-hybridized carbons (Fsp3) is 0.682. The minimum absolute atomic E-state index is 0.0747. The molecular weight excluding hydrogens is 356 g/mol. The van der Waals surface area contributed by atoms with E-state index in [-0.39, 0.29) is 29.8 Å². The van der Waals surface area contributed by atoms with Crippen LogP contribution in [-0.2, 0) is 16.6 Å². The molecule has 1 saturated heterocycles. The van der Waals surface area contributed by atoms with Crippen LogP contribution in [0.3, 0.4) is 0 Å². The minimum atomic E-state index is -0.883. The number of carbonyl (C=O) groups is 1. The largest absolute Gasteiger partial charge is 0.504 e. The van der Waals surface area contributed by atoms with E-state index in [1.165, 1.54) is 25.3 Å². The molecular formula is C22H28N2O4. The summed E-state index contributed by atoms with van der Waals surface area (Å²) in [6.45, 7) is 3.54. The Bertz CT molecular complexity index is 868. The molecule has 6 nitrogen and oxygen atoms in total. The molecule has 2 bridgehead atoms. The first-order chi connectivity index (χ1) is 13.4. The molecule has 6 rings (SSSR count). The molecule has 5 atom stereocenters. The maximum Gasteiger partial charge on any atom is 0.217 e. The summed E-state index contributed by atoms with van der Waals surface area (Å²) in [6.07, 6.45) is 5.22. The third-order valence-electron chi connectivity index (χ3n) is 8.15. The lowest BCUT2D eigenvalue weighted by Gasteiger charge is -2.64. The number of piperidine rings is 1. The van der Waals surface area contributed by atoms with Crippen molar-refractivity contribution in [2.24, 2.45) is 5.92 Å². The SMILES string of the molecule is CC(=O)NC1CC[C@]2(O)[C@@H]3Cc4ccc(O)c5c4[C@]2(CCN3CC2CC2)[C@@H]1O5. The number of aliphatic hydroxyl groups is 1. The fourth-order valence-electron chi connectivity index (χ4n) is 6.89. The summed E-state index contributed by atoms with van der Waals surface area (Å²) < 4.78 is 6.37. The van der Waals surface area contributed by atoms with Crippen molar-refractivity contribution >= 4 is 5.91 Å². The Labute approximate surface area is 164 Å². The maximum absolute atomic E-state index is 12.2. The summed E-state index contributed by atoms with van der Waals surface area (Å²) in [5.41, 5.74) is 0.766. The van der Waals surface area contributed by atoms with Crippen LogP contribution in [-0.4, -0.2) is 57.9 Å². The van der Waals surface area contributed by atoms with Gasteiger partial charge in [-0.3, -0.25) is 9.69 Å². The first-order valence-electron chi connectivity index (χ1n) is 10.7. The van der Waals surface area contributed by atoms with Gasteiger partial charge in [0, 0.05) is 25.1 Å². The number of hydrogen-bond acceptors (Lipinski definition) is 5. The topological polar surface area (TPSA) is 82.0 Å². The van der Waals surface area contributed by atoms with Crippen LogP contribution in [0.5, 0.6) is 11.5 Å². The number of likely N-dealkylation sites (tertiary alicyclic amines) is 1. The van der Waals surface area contributed by atoms with Gasteiger partial charge < -0.3 is 20.3 Å². The monoisotopic (exact) mass is 384 g/mol. The Balaban J connectivity index is 1.52. The second-order valence-corrected chi connectivity index (χ2v) is 9.64. The van der Waals surface area contributed by atoms with E-state index in [2.05, 4.69) is 10.2 Å². The number of hydrogen-bond donors (Lipinski definition) is 3. The smallest absolute Gasteiger partial charge is 0.217 e. The fourth-order valence-corrected chi connectivity index (χ4v) is 6.89. The van der Waals surface area contributed by atoms with Crippen molar-refractivity contribution in [3.8, 4) is 11.5 Å². The number of phenols is 1. The number of ether oxygens (including phenoxy) is 1. The van der Waals surface area contributed by atoms with Gasteiger partial charge >= 0.3 is 0 Å². The molecule has 1 unspecified atom stereocenters. The van der Waals surface area contributed by atoms with E-state index in [0.717, 1.165) is 37.4 Å². The predicted octanol–water partition coefficient (Wildman–Crippen LogP) is 1.46. The van der Waals surface area contributed by atoms with Gasteiger partial charge in [0.15, 0.2) is 11.5 Å². The highest BCUT2D eigenvalue weighted by atomic mass is 16.5. The van der Waals surface area contributed by atoms with E-state index in [1.54, 1.807) is 6.07 Å². The number of rotatable bonds is 3. The first kappa shape index (κ1) is 17.1. The van der Waals surface area contributed by atoms with Crippen molar-refractivity contribution in [3.63, 3.8) is 0 Å². The standard InChI is InChI=1S/C22H28N2O4/c1-12(25)23-15-6-7-22(27)17-10-14-4-5-16(26)19-18(14)21(22,20(15)28-19)8-9-24(17)11-13-2-3-13/h4-5,13,15,17,20,26-27H,2-3,6-11H2,1H3,(H,23,25)/t15?,17-,20+,21+,22-/m0/s1. The molecule has 150 valence electrons.